The van der Waals surface area contributed by atoms with E-state index in [2.05, 4.69) is 9.97 Å². The van der Waals surface area contributed by atoms with Crippen molar-refractivity contribution in [2.75, 3.05) is 7.11 Å². The number of hydrogen-bond donors (Lipinski definition) is 1. The molecule has 0 amide bonds. The highest BCUT2D eigenvalue weighted by molar-refractivity contribution is 6.35. The predicted molar refractivity (Wildman–Crippen MR) is 57.0 cm³/mol. The number of halogens is 2. The average Bonchev–Trinajstić information content (AvgIpc) is 2.33. The largest absolute Gasteiger partial charge is 0.480 e. The molecule has 0 aliphatic rings. The zero-order valence-electron chi connectivity index (χ0n) is 8.37. The van der Waals surface area contributed by atoms with E-state index >= 15 is 0 Å². The number of fused-ring (bicyclic) bond motifs is 1. The van der Waals surface area contributed by atoms with Crippen molar-refractivity contribution in [3.8, 4) is 5.88 Å². The minimum absolute atomic E-state index is 0.00380. The lowest BCUT2D eigenvalue weighted by atomic mass is 10.2. The number of hydrogen-bond acceptors (Lipinski definition) is 4. The van der Waals surface area contributed by atoms with Gasteiger partial charge in [0.15, 0.2) is 5.82 Å². The van der Waals surface area contributed by atoms with Crippen molar-refractivity contribution in [1.29, 1.82) is 0 Å². The van der Waals surface area contributed by atoms with Crippen LogP contribution in [-0.2, 0) is 6.61 Å². The summed E-state index contributed by atoms with van der Waals surface area (Å²) >= 11 is 5.89. The zero-order valence-corrected chi connectivity index (χ0v) is 9.12. The van der Waals surface area contributed by atoms with E-state index in [-0.39, 0.29) is 27.5 Å². The lowest BCUT2D eigenvalue weighted by Crippen LogP contribution is -1.98. The molecule has 0 aliphatic heterocycles. The highest BCUT2D eigenvalue weighted by atomic mass is 35.5. The highest BCUT2D eigenvalue weighted by Crippen LogP contribution is 2.27. The van der Waals surface area contributed by atoms with Crippen LogP contribution in [-0.4, -0.2) is 22.2 Å². The molecular formula is C10H8ClFN2O2. The summed E-state index contributed by atoms with van der Waals surface area (Å²) < 4.78 is 18.6. The number of methoxy groups -OCH3 is 1. The Hall–Kier alpha value is -1.46. The van der Waals surface area contributed by atoms with Crippen molar-refractivity contribution in [1.82, 2.24) is 9.97 Å². The van der Waals surface area contributed by atoms with Crippen LogP contribution in [0, 0.1) is 5.82 Å². The standard InChI is InChI=1S/C10H8ClFN2O2/c1-16-7-3-13-9-6(11)2-5(4-15)8(12)10(9)14-7/h2-3,15H,4H2,1H3. The summed E-state index contributed by atoms with van der Waals surface area (Å²) in [7, 11) is 1.41. The Kier molecular flexibility index (Phi) is 2.89. The molecule has 16 heavy (non-hydrogen) atoms. The normalized spacial score (nSPS) is 10.8. The number of benzene rings is 1. The maximum atomic E-state index is 13.8. The monoisotopic (exact) mass is 242 g/mol. The molecule has 0 radical (unpaired) electrons. The molecule has 0 bridgehead atoms. The molecule has 0 unspecified atom stereocenters. The van der Waals surface area contributed by atoms with E-state index < -0.39 is 12.4 Å². The maximum Gasteiger partial charge on any atom is 0.232 e. The zero-order chi connectivity index (χ0) is 11.7. The van der Waals surface area contributed by atoms with Crippen molar-refractivity contribution < 1.29 is 14.2 Å². The molecule has 1 N–H and O–H groups in total. The summed E-state index contributed by atoms with van der Waals surface area (Å²) in [6.45, 7) is -0.444. The summed E-state index contributed by atoms with van der Waals surface area (Å²) in [4.78, 5) is 7.85. The van der Waals surface area contributed by atoms with Gasteiger partial charge in [-0.3, -0.25) is 0 Å². The van der Waals surface area contributed by atoms with E-state index in [1.807, 2.05) is 0 Å². The maximum absolute atomic E-state index is 13.8. The fourth-order valence-corrected chi connectivity index (χ4v) is 1.62. The van der Waals surface area contributed by atoms with Crippen molar-refractivity contribution in [3.63, 3.8) is 0 Å². The van der Waals surface area contributed by atoms with Gasteiger partial charge in [0.25, 0.3) is 0 Å². The number of aromatic nitrogens is 2. The third kappa shape index (κ3) is 1.68. The Morgan fingerprint density at radius 2 is 2.25 bits per heavy atom. The topological polar surface area (TPSA) is 55.2 Å². The van der Waals surface area contributed by atoms with Gasteiger partial charge in [-0.15, -0.1) is 0 Å². The first-order chi connectivity index (χ1) is 7.67. The second-order valence-electron chi connectivity index (χ2n) is 3.10. The molecule has 0 saturated heterocycles. The molecule has 2 aromatic rings. The number of nitrogens with zero attached hydrogens (tertiary/aromatic N) is 2. The average molecular weight is 243 g/mol. The smallest absolute Gasteiger partial charge is 0.232 e. The van der Waals surface area contributed by atoms with Gasteiger partial charge in [0.05, 0.1) is 24.9 Å². The van der Waals surface area contributed by atoms with Crippen molar-refractivity contribution in [2.45, 2.75) is 6.61 Å². The first-order valence-corrected chi connectivity index (χ1v) is 4.83. The molecule has 0 saturated carbocycles. The molecule has 0 aliphatic carbocycles. The summed E-state index contributed by atoms with van der Waals surface area (Å²) in [5.74, 6) is -0.439. The van der Waals surface area contributed by atoms with Crippen LogP contribution >= 0.6 is 11.6 Å². The molecule has 6 heteroatoms. The molecule has 0 atom stereocenters. The summed E-state index contributed by atoms with van der Waals surface area (Å²) in [6.07, 6.45) is 1.35. The van der Waals surface area contributed by atoms with Gasteiger partial charge < -0.3 is 9.84 Å². The van der Waals surface area contributed by atoms with E-state index in [9.17, 15) is 4.39 Å². The number of ether oxygens (including phenoxy) is 1. The van der Waals surface area contributed by atoms with E-state index in [1.165, 1.54) is 19.4 Å². The van der Waals surface area contributed by atoms with E-state index in [4.69, 9.17) is 21.4 Å². The van der Waals surface area contributed by atoms with Gasteiger partial charge in [-0.25, -0.2) is 14.4 Å². The summed E-state index contributed by atoms with van der Waals surface area (Å²) in [5.41, 5.74) is 0.327. The van der Waals surface area contributed by atoms with Gasteiger partial charge in [-0.1, -0.05) is 11.6 Å². The van der Waals surface area contributed by atoms with Crippen LogP contribution < -0.4 is 4.74 Å². The van der Waals surface area contributed by atoms with Crippen LogP contribution in [0.3, 0.4) is 0 Å². The third-order valence-corrected chi connectivity index (χ3v) is 2.43. The van der Waals surface area contributed by atoms with E-state index in [0.29, 0.717) is 0 Å². The van der Waals surface area contributed by atoms with Crippen LogP contribution in [0.5, 0.6) is 5.88 Å². The lowest BCUT2D eigenvalue weighted by molar-refractivity contribution is 0.276. The van der Waals surface area contributed by atoms with Crippen LogP contribution in [0.15, 0.2) is 12.3 Å². The number of aliphatic hydroxyl groups excluding tert-OH is 1. The molecule has 0 fully saturated rings. The minimum Gasteiger partial charge on any atom is -0.480 e. The Bertz CT molecular complexity index is 548. The van der Waals surface area contributed by atoms with Crippen LogP contribution in [0.2, 0.25) is 5.02 Å². The SMILES string of the molecule is COc1cnc2c(Cl)cc(CO)c(F)c2n1. The first-order valence-electron chi connectivity index (χ1n) is 4.46. The van der Waals surface area contributed by atoms with Gasteiger partial charge in [-0.2, -0.15) is 0 Å². The first kappa shape index (κ1) is 11.0. The quantitative estimate of drug-likeness (QED) is 0.874. The lowest BCUT2D eigenvalue weighted by Gasteiger charge is -2.06. The second-order valence-corrected chi connectivity index (χ2v) is 3.51. The van der Waals surface area contributed by atoms with Crippen LogP contribution in [0.1, 0.15) is 5.56 Å². The fourth-order valence-electron chi connectivity index (χ4n) is 1.35. The Morgan fingerprint density at radius 3 is 2.88 bits per heavy atom. The van der Waals surface area contributed by atoms with E-state index in [1.54, 1.807) is 0 Å². The third-order valence-electron chi connectivity index (χ3n) is 2.15. The fraction of sp³-hybridized carbons (Fsp3) is 0.200. The number of rotatable bonds is 2. The van der Waals surface area contributed by atoms with Gasteiger partial charge in [0.2, 0.25) is 5.88 Å². The molecule has 84 valence electrons. The Morgan fingerprint density at radius 1 is 1.50 bits per heavy atom. The summed E-state index contributed by atoms with van der Waals surface area (Å²) in [5, 5.41) is 9.20. The second kappa shape index (κ2) is 4.19. The van der Waals surface area contributed by atoms with Gasteiger partial charge in [0, 0.05) is 5.56 Å². The van der Waals surface area contributed by atoms with Gasteiger partial charge in [-0.05, 0) is 6.07 Å². The molecule has 1 aromatic heterocycles. The van der Waals surface area contributed by atoms with Crippen LogP contribution in [0.4, 0.5) is 4.39 Å². The van der Waals surface area contributed by atoms with Crippen molar-refractivity contribution >= 4 is 22.6 Å². The molecule has 1 aromatic carbocycles. The Labute approximate surface area is 95.7 Å². The number of aliphatic hydroxyl groups is 1. The molecule has 2 rings (SSSR count). The van der Waals surface area contributed by atoms with E-state index in [0.717, 1.165) is 0 Å². The molecule has 4 nitrogen and oxygen atoms in total. The molecular weight excluding hydrogens is 235 g/mol. The predicted octanol–water partition coefficient (Wildman–Crippen LogP) is 1.92. The Balaban J connectivity index is 2.80. The highest BCUT2D eigenvalue weighted by Gasteiger charge is 2.13. The summed E-state index contributed by atoms with van der Waals surface area (Å²) in [6, 6.07) is 1.33. The minimum atomic E-state index is -0.631. The molecule has 0 spiro atoms. The van der Waals surface area contributed by atoms with Gasteiger partial charge in [0.1, 0.15) is 11.0 Å². The van der Waals surface area contributed by atoms with Crippen molar-refractivity contribution in [2.24, 2.45) is 0 Å². The van der Waals surface area contributed by atoms with Crippen molar-refractivity contribution in [3.05, 3.63) is 28.7 Å². The van der Waals surface area contributed by atoms with Crippen LogP contribution in [0.25, 0.3) is 11.0 Å². The van der Waals surface area contributed by atoms with Gasteiger partial charge >= 0.3 is 0 Å². The molecule has 1 heterocycles.